The molecule has 1 aromatic heterocycles. The number of nitrogens with one attached hydrogen (secondary N) is 2. The number of pyridine rings is 1. The van der Waals surface area contributed by atoms with Gasteiger partial charge in [0.05, 0.1) is 30.2 Å². The van der Waals surface area contributed by atoms with Crippen molar-refractivity contribution in [2.24, 2.45) is 0 Å². The number of ether oxygens (including phenoxy) is 1. The van der Waals surface area contributed by atoms with Crippen LogP contribution < -0.4 is 15.4 Å². The molecular formula is C23H17F2N3O2. The minimum Gasteiger partial charge on any atom is -0.497 e. The lowest BCUT2D eigenvalue weighted by Gasteiger charge is -2.15. The summed E-state index contributed by atoms with van der Waals surface area (Å²) in [6.07, 6.45) is 1.54. The molecule has 2 N–H and O–H groups in total. The van der Waals surface area contributed by atoms with Crippen molar-refractivity contribution >= 4 is 28.3 Å². The Balaban J connectivity index is 1.75. The van der Waals surface area contributed by atoms with Crippen molar-refractivity contribution in [2.75, 3.05) is 17.7 Å². The van der Waals surface area contributed by atoms with E-state index in [0.717, 1.165) is 34.2 Å². The van der Waals surface area contributed by atoms with Crippen LogP contribution in [-0.2, 0) is 0 Å². The van der Waals surface area contributed by atoms with Crippen molar-refractivity contribution in [3.8, 4) is 16.9 Å². The van der Waals surface area contributed by atoms with E-state index in [2.05, 4.69) is 15.6 Å². The van der Waals surface area contributed by atoms with Crippen molar-refractivity contribution in [2.45, 2.75) is 0 Å². The Morgan fingerprint density at radius 3 is 2.43 bits per heavy atom. The van der Waals surface area contributed by atoms with Crippen LogP contribution in [0.15, 0.2) is 72.9 Å². The van der Waals surface area contributed by atoms with Gasteiger partial charge in [0.25, 0.3) is 0 Å². The van der Waals surface area contributed by atoms with E-state index in [-0.39, 0.29) is 5.69 Å². The van der Waals surface area contributed by atoms with Gasteiger partial charge in [-0.2, -0.15) is 0 Å². The highest BCUT2D eigenvalue weighted by Crippen LogP contribution is 2.36. The highest BCUT2D eigenvalue weighted by Gasteiger charge is 2.15. The lowest BCUT2D eigenvalue weighted by Crippen LogP contribution is -2.20. The van der Waals surface area contributed by atoms with Gasteiger partial charge in [-0.15, -0.1) is 0 Å². The summed E-state index contributed by atoms with van der Waals surface area (Å²) >= 11 is 0. The first-order chi connectivity index (χ1) is 14.5. The van der Waals surface area contributed by atoms with Gasteiger partial charge in [-0.3, -0.25) is 4.98 Å². The second kappa shape index (κ2) is 8.16. The molecule has 1 heterocycles. The van der Waals surface area contributed by atoms with E-state index in [0.29, 0.717) is 17.5 Å². The number of carbonyl (C=O) groups is 1. The summed E-state index contributed by atoms with van der Waals surface area (Å²) in [6.45, 7) is 0. The van der Waals surface area contributed by atoms with E-state index in [1.165, 1.54) is 6.20 Å². The molecule has 3 aromatic carbocycles. The SMILES string of the molecule is COc1ccc2ncc(NC(=O)Nc3ccc(F)cc3F)c(-c3ccccc3)c2c1. The van der Waals surface area contributed by atoms with E-state index in [4.69, 9.17) is 4.74 Å². The van der Waals surface area contributed by atoms with Crippen LogP contribution in [0.2, 0.25) is 0 Å². The first kappa shape index (κ1) is 19.3. The molecule has 2 amide bonds. The molecule has 0 unspecified atom stereocenters. The Morgan fingerprint density at radius 1 is 0.933 bits per heavy atom. The van der Waals surface area contributed by atoms with Crippen LogP contribution in [-0.4, -0.2) is 18.1 Å². The van der Waals surface area contributed by atoms with Crippen molar-refractivity contribution in [1.82, 2.24) is 4.98 Å². The number of hydrogen-bond donors (Lipinski definition) is 2. The topological polar surface area (TPSA) is 63.2 Å². The van der Waals surface area contributed by atoms with Crippen LogP contribution >= 0.6 is 0 Å². The second-order valence-electron chi connectivity index (χ2n) is 6.50. The molecule has 0 radical (unpaired) electrons. The number of fused-ring (bicyclic) bond motifs is 1. The van der Waals surface area contributed by atoms with Gasteiger partial charge in [0, 0.05) is 17.0 Å². The smallest absolute Gasteiger partial charge is 0.323 e. The molecule has 30 heavy (non-hydrogen) atoms. The number of amides is 2. The standard InChI is InChI=1S/C23H17F2N3O2/c1-30-16-8-10-19-17(12-16)22(14-5-3-2-4-6-14)21(13-26-19)28-23(29)27-20-9-7-15(24)11-18(20)25/h2-13H,1H3,(H2,27,28,29). The van der Waals surface area contributed by atoms with Crippen molar-refractivity contribution in [1.29, 1.82) is 0 Å². The molecule has 0 saturated heterocycles. The number of carbonyl (C=O) groups excluding carboxylic acids is 1. The largest absolute Gasteiger partial charge is 0.497 e. The van der Waals surface area contributed by atoms with Crippen LogP contribution in [0.1, 0.15) is 0 Å². The molecule has 0 aliphatic carbocycles. The average Bonchev–Trinajstić information content (AvgIpc) is 2.75. The number of aromatic nitrogens is 1. The summed E-state index contributed by atoms with van der Waals surface area (Å²) < 4.78 is 32.3. The Kier molecular flexibility index (Phi) is 5.26. The zero-order valence-corrected chi connectivity index (χ0v) is 15.9. The summed E-state index contributed by atoms with van der Waals surface area (Å²) in [4.78, 5) is 16.9. The van der Waals surface area contributed by atoms with Crippen LogP contribution in [0, 0.1) is 11.6 Å². The van der Waals surface area contributed by atoms with E-state index in [9.17, 15) is 13.6 Å². The maximum atomic E-state index is 13.9. The van der Waals surface area contributed by atoms with Gasteiger partial charge in [-0.05, 0) is 35.9 Å². The zero-order valence-electron chi connectivity index (χ0n) is 15.9. The number of methoxy groups -OCH3 is 1. The average molecular weight is 405 g/mol. The molecular weight excluding hydrogens is 388 g/mol. The number of hydrogen-bond acceptors (Lipinski definition) is 3. The van der Waals surface area contributed by atoms with Gasteiger partial charge in [-0.1, -0.05) is 30.3 Å². The fraction of sp³-hybridized carbons (Fsp3) is 0.0435. The van der Waals surface area contributed by atoms with Crippen molar-refractivity contribution in [3.63, 3.8) is 0 Å². The Hall–Kier alpha value is -4.00. The first-order valence-electron chi connectivity index (χ1n) is 9.10. The van der Waals surface area contributed by atoms with Gasteiger partial charge in [0.1, 0.15) is 17.4 Å². The summed E-state index contributed by atoms with van der Waals surface area (Å²) in [7, 11) is 1.57. The molecule has 4 aromatic rings. The highest BCUT2D eigenvalue weighted by molar-refractivity contribution is 6.08. The fourth-order valence-corrected chi connectivity index (χ4v) is 3.18. The first-order valence-corrected chi connectivity index (χ1v) is 9.10. The third kappa shape index (κ3) is 3.91. The molecule has 0 saturated carbocycles. The van der Waals surface area contributed by atoms with Crippen LogP contribution in [0.5, 0.6) is 5.75 Å². The number of urea groups is 1. The maximum Gasteiger partial charge on any atom is 0.323 e. The van der Waals surface area contributed by atoms with E-state index in [1.807, 2.05) is 42.5 Å². The van der Waals surface area contributed by atoms with Gasteiger partial charge in [-0.25, -0.2) is 13.6 Å². The quantitative estimate of drug-likeness (QED) is 0.449. The van der Waals surface area contributed by atoms with Gasteiger partial charge >= 0.3 is 6.03 Å². The van der Waals surface area contributed by atoms with Crippen molar-refractivity contribution < 1.29 is 18.3 Å². The minimum absolute atomic E-state index is 0.134. The third-order valence-electron chi connectivity index (χ3n) is 4.57. The fourth-order valence-electron chi connectivity index (χ4n) is 3.18. The highest BCUT2D eigenvalue weighted by atomic mass is 19.1. The molecule has 150 valence electrons. The Labute approximate surface area is 171 Å². The monoisotopic (exact) mass is 405 g/mol. The summed E-state index contributed by atoms with van der Waals surface area (Å²) in [5.74, 6) is -0.941. The molecule has 0 aliphatic rings. The lowest BCUT2D eigenvalue weighted by atomic mass is 9.99. The summed E-state index contributed by atoms with van der Waals surface area (Å²) in [5, 5.41) is 5.89. The predicted octanol–water partition coefficient (Wildman–Crippen LogP) is 5.83. The zero-order chi connectivity index (χ0) is 21.1. The van der Waals surface area contributed by atoms with E-state index < -0.39 is 17.7 Å². The van der Waals surface area contributed by atoms with E-state index >= 15 is 0 Å². The van der Waals surface area contributed by atoms with Crippen molar-refractivity contribution in [3.05, 3.63) is 84.6 Å². The minimum atomic E-state index is -0.866. The van der Waals surface area contributed by atoms with Crippen LogP contribution in [0.25, 0.3) is 22.0 Å². The number of benzene rings is 3. The molecule has 0 atom stereocenters. The molecule has 0 fully saturated rings. The summed E-state index contributed by atoms with van der Waals surface area (Å²) in [5.41, 5.74) is 2.63. The van der Waals surface area contributed by atoms with Gasteiger partial charge < -0.3 is 15.4 Å². The lowest BCUT2D eigenvalue weighted by molar-refractivity contribution is 0.262. The Bertz CT molecular complexity index is 1230. The molecule has 0 bridgehead atoms. The molecule has 5 nitrogen and oxygen atoms in total. The van der Waals surface area contributed by atoms with Crippen LogP contribution in [0.4, 0.5) is 25.0 Å². The van der Waals surface area contributed by atoms with Gasteiger partial charge in [0.15, 0.2) is 0 Å². The predicted molar refractivity (Wildman–Crippen MR) is 113 cm³/mol. The van der Waals surface area contributed by atoms with Crippen LogP contribution in [0.3, 0.4) is 0 Å². The number of anilines is 2. The number of halogens is 2. The molecule has 7 heteroatoms. The maximum absolute atomic E-state index is 13.9. The molecule has 0 spiro atoms. The summed E-state index contributed by atoms with van der Waals surface area (Å²) in [6, 6.07) is 17.2. The molecule has 0 aliphatic heterocycles. The number of rotatable bonds is 4. The third-order valence-corrected chi connectivity index (χ3v) is 4.57. The normalized spacial score (nSPS) is 10.6. The van der Waals surface area contributed by atoms with E-state index in [1.54, 1.807) is 13.2 Å². The van der Waals surface area contributed by atoms with Gasteiger partial charge in [0.2, 0.25) is 0 Å². The second-order valence-corrected chi connectivity index (χ2v) is 6.50. The molecule has 4 rings (SSSR count). The Morgan fingerprint density at radius 2 is 1.70 bits per heavy atom. The number of nitrogens with zero attached hydrogens (tertiary/aromatic N) is 1.